The van der Waals surface area contributed by atoms with Crippen LogP contribution in [-0.2, 0) is 11.2 Å². The van der Waals surface area contributed by atoms with Gasteiger partial charge in [-0.15, -0.1) is 10.2 Å². The Balaban J connectivity index is 1.33. The van der Waals surface area contributed by atoms with E-state index < -0.39 is 0 Å². The van der Waals surface area contributed by atoms with E-state index in [0.717, 1.165) is 11.1 Å². The van der Waals surface area contributed by atoms with Gasteiger partial charge in [-0.25, -0.2) is 0 Å². The molecule has 0 fully saturated rings. The molecule has 7 nitrogen and oxygen atoms in total. The summed E-state index contributed by atoms with van der Waals surface area (Å²) in [4.78, 5) is 12.2. The molecule has 0 spiro atoms. The molecule has 144 valence electrons. The molecule has 1 N–H and O–H groups in total. The molecule has 2 aromatic carbocycles. The maximum atomic E-state index is 12.2. The van der Waals surface area contributed by atoms with Crippen LogP contribution in [0, 0.1) is 0 Å². The van der Waals surface area contributed by atoms with Crippen LogP contribution in [0.15, 0.2) is 46.9 Å². The van der Waals surface area contributed by atoms with Crippen LogP contribution >= 0.6 is 11.6 Å². The molecule has 0 saturated carbocycles. The van der Waals surface area contributed by atoms with Gasteiger partial charge in [-0.05, 0) is 42.8 Å². The van der Waals surface area contributed by atoms with Crippen molar-refractivity contribution in [3.8, 4) is 23.0 Å². The second-order valence-corrected chi connectivity index (χ2v) is 6.85. The zero-order chi connectivity index (χ0) is 19.5. The minimum atomic E-state index is -0.114. The number of aryl methyl sites for hydroxylation is 1. The number of halogens is 1. The summed E-state index contributed by atoms with van der Waals surface area (Å²) in [6, 6.07) is 12.7. The normalized spacial score (nSPS) is 13.4. The lowest BCUT2D eigenvalue weighted by Gasteiger charge is -2.14. The zero-order valence-electron chi connectivity index (χ0n) is 15.1. The van der Waals surface area contributed by atoms with E-state index in [2.05, 4.69) is 15.5 Å². The molecule has 1 aliphatic rings. The van der Waals surface area contributed by atoms with E-state index in [0.29, 0.717) is 34.7 Å². The highest BCUT2D eigenvalue weighted by Crippen LogP contribution is 2.35. The monoisotopic (exact) mass is 399 g/mol. The minimum Gasteiger partial charge on any atom is -0.454 e. The first kappa shape index (κ1) is 18.3. The Hall–Kier alpha value is -3.06. The van der Waals surface area contributed by atoms with E-state index in [1.54, 1.807) is 24.3 Å². The van der Waals surface area contributed by atoms with Crippen LogP contribution in [0.5, 0.6) is 11.5 Å². The van der Waals surface area contributed by atoms with Gasteiger partial charge >= 0.3 is 0 Å². The van der Waals surface area contributed by atoms with Gasteiger partial charge in [0.15, 0.2) is 11.5 Å². The fourth-order valence-electron chi connectivity index (χ4n) is 2.87. The van der Waals surface area contributed by atoms with Crippen molar-refractivity contribution >= 4 is 17.5 Å². The summed E-state index contributed by atoms with van der Waals surface area (Å²) in [6.45, 7) is 2.13. The Kier molecular flexibility index (Phi) is 5.16. The lowest BCUT2D eigenvalue weighted by molar-refractivity contribution is -0.121. The van der Waals surface area contributed by atoms with E-state index in [-0.39, 0.29) is 25.2 Å². The van der Waals surface area contributed by atoms with Crippen molar-refractivity contribution < 1.29 is 18.7 Å². The topological polar surface area (TPSA) is 86.5 Å². The van der Waals surface area contributed by atoms with Crippen LogP contribution in [0.1, 0.15) is 30.8 Å². The highest BCUT2D eigenvalue weighted by atomic mass is 35.5. The number of nitrogens with zero attached hydrogens (tertiary/aromatic N) is 2. The molecule has 0 saturated heterocycles. The summed E-state index contributed by atoms with van der Waals surface area (Å²) in [5, 5.41) is 11.7. The highest BCUT2D eigenvalue weighted by molar-refractivity contribution is 6.30. The van der Waals surface area contributed by atoms with Crippen LogP contribution in [0.3, 0.4) is 0 Å². The second-order valence-electron chi connectivity index (χ2n) is 6.41. The number of ether oxygens (including phenoxy) is 2. The molecule has 0 unspecified atom stereocenters. The van der Waals surface area contributed by atoms with Gasteiger partial charge in [0.25, 0.3) is 0 Å². The van der Waals surface area contributed by atoms with Crippen molar-refractivity contribution in [3.05, 3.63) is 58.9 Å². The van der Waals surface area contributed by atoms with Crippen molar-refractivity contribution in [2.24, 2.45) is 0 Å². The summed E-state index contributed by atoms with van der Waals surface area (Å²) >= 11 is 5.89. The van der Waals surface area contributed by atoms with Crippen molar-refractivity contribution in [2.75, 3.05) is 6.79 Å². The molecule has 1 atom stereocenters. The third kappa shape index (κ3) is 4.09. The molecule has 0 aliphatic carbocycles. The Morgan fingerprint density at radius 1 is 1.14 bits per heavy atom. The van der Waals surface area contributed by atoms with E-state index in [4.69, 9.17) is 25.5 Å². The first-order valence-electron chi connectivity index (χ1n) is 8.86. The second kappa shape index (κ2) is 7.90. The first-order chi connectivity index (χ1) is 13.6. The molecule has 2 heterocycles. The number of aromatic nitrogens is 2. The summed E-state index contributed by atoms with van der Waals surface area (Å²) in [7, 11) is 0. The molecule has 1 aliphatic heterocycles. The molecular weight excluding hydrogens is 382 g/mol. The third-order valence-electron chi connectivity index (χ3n) is 4.40. The van der Waals surface area contributed by atoms with Crippen molar-refractivity contribution in [2.45, 2.75) is 25.8 Å². The van der Waals surface area contributed by atoms with Gasteiger partial charge < -0.3 is 19.2 Å². The van der Waals surface area contributed by atoms with Gasteiger partial charge in [0.1, 0.15) is 0 Å². The number of hydrogen-bond donors (Lipinski definition) is 1. The summed E-state index contributed by atoms with van der Waals surface area (Å²) in [5.74, 6) is 2.03. The van der Waals surface area contributed by atoms with E-state index >= 15 is 0 Å². The lowest BCUT2D eigenvalue weighted by atomic mass is 10.1. The maximum Gasteiger partial charge on any atom is 0.247 e. The van der Waals surface area contributed by atoms with Gasteiger partial charge in [0.05, 0.1) is 6.04 Å². The number of carbonyl (C=O) groups excluding carboxylic acids is 1. The Bertz CT molecular complexity index is 987. The van der Waals surface area contributed by atoms with Gasteiger partial charge in [-0.1, -0.05) is 23.7 Å². The Morgan fingerprint density at radius 3 is 2.75 bits per heavy atom. The van der Waals surface area contributed by atoms with Crippen LogP contribution in [0.4, 0.5) is 0 Å². The summed E-state index contributed by atoms with van der Waals surface area (Å²) < 4.78 is 16.3. The van der Waals surface area contributed by atoms with E-state index in [9.17, 15) is 4.79 Å². The lowest BCUT2D eigenvalue weighted by Crippen LogP contribution is -2.26. The fraction of sp³-hybridized carbons (Fsp3) is 0.250. The molecule has 1 amide bonds. The number of amides is 1. The molecule has 4 rings (SSSR count). The molecule has 0 radical (unpaired) electrons. The minimum absolute atomic E-state index is 0.0923. The number of benzene rings is 2. The van der Waals surface area contributed by atoms with E-state index in [1.165, 1.54) is 0 Å². The third-order valence-corrected chi connectivity index (χ3v) is 4.65. The zero-order valence-corrected chi connectivity index (χ0v) is 15.9. The number of carbonyl (C=O) groups is 1. The van der Waals surface area contributed by atoms with Crippen molar-refractivity contribution in [1.82, 2.24) is 15.5 Å². The first-order valence-corrected chi connectivity index (χ1v) is 9.23. The molecule has 0 bridgehead atoms. The number of rotatable bonds is 6. The fourth-order valence-corrected chi connectivity index (χ4v) is 3.00. The van der Waals surface area contributed by atoms with Crippen LogP contribution in [0.25, 0.3) is 11.5 Å². The molecular formula is C20H18ClN3O4. The maximum absolute atomic E-state index is 12.2. The molecule has 3 aromatic rings. The van der Waals surface area contributed by atoms with Gasteiger partial charge in [-0.3, -0.25) is 4.79 Å². The van der Waals surface area contributed by atoms with Crippen molar-refractivity contribution in [3.63, 3.8) is 0 Å². The van der Waals surface area contributed by atoms with Crippen LogP contribution in [-0.4, -0.2) is 22.9 Å². The summed E-state index contributed by atoms with van der Waals surface area (Å²) in [5.41, 5.74) is 1.73. The smallest absolute Gasteiger partial charge is 0.247 e. The average Bonchev–Trinajstić information content (AvgIpc) is 3.35. The number of nitrogens with one attached hydrogen (secondary N) is 1. The van der Waals surface area contributed by atoms with E-state index in [1.807, 2.05) is 25.1 Å². The standard InChI is InChI=1S/C20H18ClN3O4/c1-12(13-2-5-15(21)6-3-13)22-18(25)8-9-19-23-24-20(28-19)14-4-7-16-17(10-14)27-11-26-16/h2-7,10,12H,8-9,11H2,1H3,(H,22,25)/t12-/m0/s1. The number of hydrogen-bond acceptors (Lipinski definition) is 6. The molecule has 1 aromatic heterocycles. The predicted molar refractivity (Wildman–Crippen MR) is 102 cm³/mol. The molecule has 8 heteroatoms. The van der Waals surface area contributed by atoms with Gasteiger partial charge in [0.2, 0.25) is 24.5 Å². The number of fused-ring (bicyclic) bond motifs is 1. The highest BCUT2D eigenvalue weighted by Gasteiger charge is 2.17. The van der Waals surface area contributed by atoms with Gasteiger partial charge in [0, 0.05) is 23.4 Å². The van der Waals surface area contributed by atoms with Crippen molar-refractivity contribution in [1.29, 1.82) is 0 Å². The van der Waals surface area contributed by atoms with Crippen LogP contribution in [0.2, 0.25) is 5.02 Å². The average molecular weight is 400 g/mol. The largest absolute Gasteiger partial charge is 0.454 e. The molecule has 28 heavy (non-hydrogen) atoms. The quantitative estimate of drug-likeness (QED) is 0.675. The van der Waals surface area contributed by atoms with Gasteiger partial charge in [-0.2, -0.15) is 0 Å². The Morgan fingerprint density at radius 2 is 1.93 bits per heavy atom. The SMILES string of the molecule is C[C@H](NC(=O)CCc1nnc(-c2ccc3c(c2)OCO3)o1)c1ccc(Cl)cc1. The summed E-state index contributed by atoms with van der Waals surface area (Å²) in [6.07, 6.45) is 0.609. The van der Waals surface area contributed by atoms with Crippen LogP contribution < -0.4 is 14.8 Å². The predicted octanol–water partition coefficient (Wildman–Crippen LogP) is 3.93. The Labute approximate surface area is 166 Å².